The minimum absolute atomic E-state index is 0.0917. The Bertz CT molecular complexity index is 557. The molecule has 114 valence electrons. The normalized spacial score (nSPS) is 16.8. The van der Waals surface area contributed by atoms with Gasteiger partial charge in [0.05, 0.1) is 16.6 Å². The SMILES string of the molecule is C[C@H](N)C(=O)N1CCN(C(=O)c2ccc(F)cc2Cl)CC1. The molecule has 1 aliphatic rings. The van der Waals surface area contributed by atoms with Gasteiger partial charge in [0, 0.05) is 26.2 Å². The second-order valence-corrected chi connectivity index (χ2v) is 5.44. The second kappa shape index (κ2) is 6.41. The highest BCUT2D eigenvalue weighted by Crippen LogP contribution is 2.20. The van der Waals surface area contributed by atoms with Gasteiger partial charge in [-0.25, -0.2) is 4.39 Å². The molecule has 0 aromatic heterocycles. The number of nitrogens with zero attached hydrogens (tertiary/aromatic N) is 2. The van der Waals surface area contributed by atoms with Crippen LogP contribution in [-0.2, 0) is 4.79 Å². The van der Waals surface area contributed by atoms with Crippen molar-refractivity contribution >= 4 is 23.4 Å². The molecule has 2 amide bonds. The molecule has 1 heterocycles. The van der Waals surface area contributed by atoms with Crippen LogP contribution < -0.4 is 5.73 Å². The van der Waals surface area contributed by atoms with E-state index in [1.807, 2.05) is 0 Å². The molecule has 2 N–H and O–H groups in total. The van der Waals surface area contributed by atoms with Crippen molar-refractivity contribution in [3.05, 3.63) is 34.6 Å². The predicted molar refractivity (Wildman–Crippen MR) is 77.5 cm³/mol. The summed E-state index contributed by atoms with van der Waals surface area (Å²) >= 11 is 5.90. The van der Waals surface area contributed by atoms with E-state index in [2.05, 4.69) is 0 Å². The molecule has 21 heavy (non-hydrogen) atoms. The number of hydrogen-bond acceptors (Lipinski definition) is 3. The first-order chi connectivity index (χ1) is 9.90. The second-order valence-electron chi connectivity index (χ2n) is 5.03. The van der Waals surface area contributed by atoms with E-state index in [0.717, 1.165) is 6.07 Å². The number of hydrogen-bond donors (Lipinski definition) is 1. The lowest BCUT2D eigenvalue weighted by molar-refractivity contribution is -0.133. The Kier molecular flexibility index (Phi) is 4.80. The predicted octanol–water partition coefficient (Wildman–Crippen LogP) is 1.11. The maximum Gasteiger partial charge on any atom is 0.255 e. The van der Waals surface area contributed by atoms with E-state index >= 15 is 0 Å². The Morgan fingerprint density at radius 2 is 1.81 bits per heavy atom. The lowest BCUT2D eigenvalue weighted by Crippen LogP contribution is -2.53. The van der Waals surface area contributed by atoms with Crippen LogP contribution >= 0.6 is 11.6 Å². The van der Waals surface area contributed by atoms with E-state index in [-0.39, 0.29) is 22.4 Å². The summed E-state index contributed by atoms with van der Waals surface area (Å²) in [6, 6.07) is 3.15. The first-order valence-electron chi connectivity index (χ1n) is 6.69. The van der Waals surface area contributed by atoms with Crippen molar-refractivity contribution in [2.45, 2.75) is 13.0 Å². The molecule has 7 heteroatoms. The summed E-state index contributed by atoms with van der Waals surface area (Å²) < 4.78 is 13.0. The standard InChI is InChI=1S/C14H17ClFN3O2/c1-9(17)13(20)18-4-6-19(7-5-18)14(21)11-3-2-10(16)8-12(11)15/h2-3,8-9H,4-7,17H2,1H3/t9-/m0/s1. The molecular formula is C14H17ClFN3O2. The highest BCUT2D eigenvalue weighted by atomic mass is 35.5. The van der Waals surface area contributed by atoms with Gasteiger partial charge in [0.25, 0.3) is 5.91 Å². The minimum Gasteiger partial charge on any atom is -0.338 e. The molecule has 0 unspecified atom stereocenters. The summed E-state index contributed by atoms with van der Waals surface area (Å²) in [6.07, 6.45) is 0. The summed E-state index contributed by atoms with van der Waals surface area (Å²) in [7, 11) is 0. The first kappa shape index (κ1) is 15.7. The van der Waals surface area contributed by atoms with Gasteiger partial charge in [-0.1, -0.05) is 11.6 Å². The largest absolute Gasteiger partial charge is 0.338 e. The maximum absolute atomic E-state index is 13.0. The zero-order valence-electron chi connectivity index (χ0n) is 11.7. The number of piperazine rings is 1. The number of rotatable bonds is 2. The fraction of sp³-hybridized carbons (Fsp3) is 0.429. The number of nitrogens with two attached hydrogens (primary N) is 1. The van der Waals surface area contributed by atoms with E-state index < -0.39 is 11.9 Å². The molecule has 2 rings (SSSR count). The maximum atomic E-state index is 13.0. The Hall–Kier alpha value is -1.66. The summed E-state index contributed by atoms with van der Waals surface area (Å²) in [6.45, 7) is 3.32. The van der Waals surface area contributed by atoms with E-state index in [0.29, 0.717) is 26.2 Å². The zero-order valence-corrected chi connectivity index (χ0v) is 12.4. The topological polar surface area (TPSA) is 66.6 Å². The molecule has 1 aromatic carbocycles. The van der Waals surface area contributed by atoms with Crippen LogP contribution in [0.3, 0.4) is 0 Å². The lowest BCUT2D eigenvalue weighted by atomic mass is 10.1. The van der Waals surface area contributed by atoms with Crippen LogP contribution in [0.4, 0.5) is 4.39 Å². The quantitative estimate of drug-likeness (QED) is 0.889. The zero-order chi connectivity index (χ0) is 15.6. The third kappa shape index (κ3) is 3.51. The van der Waals surface area contributed by atoms with Crippen LogP contribution in [0.2, 0.25) is 5.02 Å². The van der Waals surface area contributed by atoms with Crippen molar-refractivity contribution < 1.29 is 14.0 Å². The van der Waals surface area contributed by atoms with Crippen molar-refractivity contribution in [1.29, 1.82) is 0 Å². The van der Waals surface area contributed by atoms with E-state index in [4.69, 9.17) is 17.3 Å². The molecule has 1 saturated heterocycles. The number of benzene rings is 1. The van der Waals surface area contributed by atoms with Gasteiger partial charge in [0.2, 0.25) is 5.91 Å². The van der Waals surface area contributed by atoms with Crippen LogP contribution in [0.25, 0.3) is 0 Å². The molecule has 0 saturated carbocycles. The van der Waals surface area contributed by atoms with Gasteiger partial charge >= 0.3 is 0 Å². The molecule has 1 fully saturated rings. The molecular weight excluding hydrogens is 297 g/mol. The molecule has 1 aliphatic heterocycles. The van der Waals surface area contributed by atoms with Gasteiger partial charge in [-0.3, -0.25) is 9.59 Å². The fourth-order valence-electron chi connectivity index (χ4n) is 2.25. The number of carbonyl (C=O) groups excluding carboxylic acids is 2. The average Bonchev–Trinajstić information content (AvgIpc) is 2.46. The summed E-state index contributed by atoms with van der Waals surface area (Å²) in [4.78, 5) is 27.3. The van der Waals surface area contributed by atoms with Crippen LogP contribution in [-0.4, -0.2) is 53.8 Å². The van der Waals surface area contributed by atoms with Gasteiger partial charge < -0.3 is 15.5 Å². The first-order valence-corrected chi connectivity index (χ1v) is 7.06. The summed E-state index contributed by atoms with van der Waals surface area (Å²) in [5, 5.41) is 0.0917. The Labute approximate surface area is 127 Å². The third-order valence-corrected chi connectivity index (χ3v) is 3.74. The molecule has 5 nitrogen and oxygen atoms in total. The molecule has 0 aliphatic carbocycles. The smallest absolute Gasteiger partial charge is 0.255 e. The van der Waals surface area contributed by atoms with Crippen LogP contribution in [0.1, 0.15) is 17.3 Å². The van der Waals surface area contributed by atoms with Crippen LogP contribution in [0, 0.1) is 5.82 Å². The third-order valence-electron chi connectivity index (χ3n) is 3.43. The van der Waals surface area contributed by atoms with Crippen molar-refractivity contribution in [3.8, 4) is 0 Å². The van der Waals surface area contributed by atoms with Gasteiger partial charge in [-0.15, -0.1) is 0 Å². The lowest BCUT2D eigenvalue weighted by Gasteiger charge is -2.35. The number of carbonyl (C=O) groups is 2. The summed E-state index contributed by atoms with van der Waals surface area (Å²) in [5.74, 6) is -0.862. The van der Waals surface area contributed by atoms with Gasteiger partial charge in [-0.05, 0) is 25.1 Å². The van der Waals surface area contributed by atoms with Crippen molar-refractivity contribution in [2.24, 2.45) is 5.73 Å². The highest BCUT2D eigenvalue weighted by Gasteiger charge is 2.27. The number of halogens is 2. The van der Waals surface area contributed by atoms with Gasteiger partial charge in [0.1, 0.15) is 5.82 Å². The Morgan fingerprint density at radius 1 is 1.24 bits per heavy atom. The van der Waals surface area contributed by atoms with E-state index in [9.17, 15) is 14.0 Å². The highest BCUT2D eigenvalue weighted by molar-refractivity contribution is 6.33. The average molecular weight is 314 g/mol. The Balaban J connectivity index is 2.02. The Morgan fingerprint density at radius 3 is 2.33 bits per heavy atom. The van der Waals surface area contributed by atoms with Crippen molar-refractivity contribution in [1.82, 2.24) is 9.80 Å². The minimum atomic E-state index is -0.543. The van der Waals surface area contributed by atoms with Gasteiger partial charge in [0.15, 0.2) is 0 Å². The molecule has 0 spiro atoms. The van der Waals surface area contributed by atoms with E-state index in [1.54, 1.807) is 16.7 Å². The fourth-order valence-corrected chi connectivity index (χ4v) is 2.50. The van der Waals surface area contributed by atoms with E-state index in [1.165, 1.54) is 12.1 Å². The molecule has 1 atom stereocenters. The monoisotopic (exact) mass is 313 g/mol. The van der Waals surface area contributed by atoms with Crippen molar-refractivity contribution in [3.63, 3.8) is 0 Å². The van der Waals surface area contributed by atoms with Crippen molar-refractivity contribution in [2.75, 3.05) is 26.2 Å². The van der Waals surface area contributed by atoms with Crippen LogP contribution in [0.15, 0.2) is 18.2 Å². The molecule has 1 aromatic rings. The van der Waals surface area contributed by atoms with Gasteiger partial charge in [-0.2, -0.15) is 0 Å². The molecule has 0 radical (unpaired) electrons. The van der Waals surface area contributed by atoms with Crippen LogP contribution in [0.5, 0.6) is 0 Å². The molecule has 0 bridgehead atoms. The summed E-state index contributed by atoms with van der Waals surface area (Å²) in [5.41, 5.74) is 5.83. The number of amides is 2.